The van der Waals surface area contributed by atoms with Gasteiger partial charge in [-0.1, -0.05) is 137 Å². The Morgan fingerprint density at radius 2 is 1.04 bits per heavy atom. The van der Waals surface area contributed by atoms with Crippen LogP contribution in [0.4, 0.5) is 11.4 Å². The van der Waals surface area contributed by atoms with Crippen LogP contribution in [-0.2, 0) is 0 Å². The van der Waals surface area contributed by atoms with Gasteiger partial charge in [-0.05, 0) is 78.1 Å². The van der Waals surface area contributed by atoms with Gasteiger partial charge in [0.15, 0.2) is 0 Å². The monoisotopic (exact) mass is 641 g/mol. The molecule has 0 aliphatic carbocycles. The van der Waals surface area contributed by atoms with Gasteiger partial charge in [0.2, 0.25) is 0 Å². The van der Waals surface area contributed by atoms with E-state index in [4.69, 9.17) is 0 Å². The molecule has 2 atom stereocenters. The quantitative estimate of drug-likeness (QED) is 0.192. The van der Waals surface area contributed by atoms with Crippen LogP contribution in [0, 0.1) is 0 Å². The van der Waals surface area contributed by atoms with Crippen LogP contribution in [0.15, 0.2) is 155 Å². The fraction of sp³-hybridized carbons (Fsp3) is 0.209. The highest BCUT2D eigenvalue weighted by Crippen LogP contribution is 2.42. The van der Waals surface area contributed by atoms with Crippen molar-refractivity contribution in [2.24, 2.45) is 0 Å². The Balaban J connectivity index is 0.00000116. The number of benzene rings is 5. The van der Waals surface area contributed by atoms with Crippen molar-refractivity contribution in [1.82, 2.24) is 0 Å². The summed E-state index contributed by atoms with van der Waals surface area (Å²) >= 11 is 3.85. The largest absolute Gasteiger partial charge is 0.344 e. The lowest BCUT2D eigenvalue weighted by Gasteiger charge is -2.24. The molecule has 5 aromatic carbocycles. The van der Waals surface area contributed by atoms with Crippen molar-refractivity contribution >= 4 is 40.5 Å². The number of nitrogens with zero attached hydrogens (tertiary/aromatic N) is 1. The van der Waals surface area contributed by atoms with Gasteiger partial charge in [-0.2, -0.15) is 0 Å². The Hall–Kier alpha value is -3.92. The number of anilines is 2. The minimum Gasteiger partial charge on any atom is -0.344 e. The molecule has 0 fully saturated rings. The number of thioether (sulfide) groups is 2. The van der Waals surface area contributed by atoms with E-state index in [1.54, 1.807) is 0 Å². The Morgan fingerprint density at radius 1 is 0.522 bits per heavy atom. The van der Waals surface area contributed by atoms with Gasteiger partial charge in [0, 0.05) is 44.3 Å². The van der Waals surface area contributed by atoms with E-state index in [1.807, 2.05) is 51.2 Å². The second-order valence-electron chi connectivity index (χ2n) is 10.6. The fourth-order valence-corrected chi connectivity index (χ4v) is 7.54. The molecule has 0 aromatic heterocycles. The standard InChI is InChI=1S/C39H35NS2.2C2H6/c1-28-22-23-31(26-29(2)42-39-21-13-11-19-35(39)34-18-10-12-20-38(34)41-28)32-24-25-37(40(3)33-16-8-5-9-17-33)36(27-32)30-14-6-4-7-15-30;2*1-2/h4-29H,1-3H3;2*1-2H3/b23-22-,31-26+;;. The maximum Gasteiger partial charge on any atom is 0.0488 e. The summed E-state index contributed by atoms with van der Waals surface area (Å²) in [6, 6.07) is 45.9. The third-order valence-electron chi connectivity index (χ3n) is 7.57. The maximum absolute atomic E-state index is 2.42. The normalized spacial score (nSPS) is 17.4. The van der Waals surface area contributed by atoms with Crippen LogP contribution in [0.1, 0.15) is 47.1 Å². The van der Waals surface area contributed by atoms with E-state index in [1.165, 1.54) is 54.6 Å². The molecular formula is C43H47NS2. The molecule has 0 spiro atoms. The first-order valence-electron chi connectivity index (χ1n) is 16.5. The zero-order chi connectivity index (χ0) is 32.9. The molecule has 236 valence electrons. The van der Waals surface area contributed by atoms with Gasteiger partial charge in [0.05, 0.1) is 0 Å². The van der Waals surface area contributed by atoms with E-state index in [2.05, 4.69) is 171 Å². The van der Waals surface area contributed by atoms with Crippen molar-refractivity contribution in [3.05, 3.63) is 151 Å². The van der Waals surface area contributed by atoms with Gasteiger partial charge in [0.1, 0.15) is 0 Å². The summed E-state index contributed by atoms with van der Waals surface area (Å²) in [5, 5.41) is 0.605. The molecule has 0 amide bonds. The van der Waals surface area contributed by atoms with Crippen molar-refractivity contribution in [2.45, 2.75) is 61.8 Å². The van der Waals surface area contributed by atoms with Crippen molar-refractivity contribution in [3.63, 3.8) is 0 Å². The summed E-state index contributed by atoms with van der Waals surface area (Å²) < 4.78 is 0. The molecule has 1 heterocycles. The first-order chi connectivity index (χ1) is 22.6. The van der Waals surface area contributed by atoms with Crippen LogP contribution >= 0.6 is 23.5 Å². The summed E-state index contributed by atoms with van der Waals surface area (Å²) in [6.07, 6.45) is 7.10. The first-order valence-corrected chi connectivity index (χ1v) is 18.2. The van der Waals surface area contributed by atoms with Crippen LogP contribution in [0.3, 0.4) is 0 Å². The van der Waals surface area contributed by atoms with Crippen LogP contribution < -0.4 is 4.90 Å². The maximum atomic E-state index is 2.42. The lowest BCUT2D eigenvalue weighted by atomic mass is 9.95. The van der Waals surface area contributed by atoms with Gasteiger partial charge >= 0.3 is 0 Å². The second-order valence-corrected chi connectivity index (χ2v) is 13.5. The summed E-state index contributed by atoms with van der Waals surface area (Å²) in [7, 11) is 2.15. The summed E-state index contributed by atoms with van der Waals surface area (Å²) in [5.74, 6) is 0. The average Bonchev–Trinajstić information content (AvgIpc) is 3.12. The van der Waals surface area contributed by atoms with E-state index in [0.29, 0.717) is 5.25 Å². The molecule has 1 aliphatic rings. The molecule has 46 heavy (non-hydrogen) atoms. The van der Waals surface area contributed by atoms with Gasteiger partial charge in [-0.15, -0.1) is 23.5 Å². The molecule has 5 aromatic rings. The van der Waals surface area contributed by atoms with Crippen LogP contribution in [0.2, 0.25) is 0 Å². The minimum absolute atomic E-state index is 0.284. The second kappa shape index (κ2) is 17.7. The molecule has 0 N–H and O–H groups in total. The predicted molar refractivity (Wildman–Crippen MR) is 209 cm³/mol. The Bertz CT molecular complexity index is 1720. The highest BCUT2D eigenvalue weighted by atomic mass is 32.2. The number of hydrogen-bond donors (Lipinski definition) is 0. The van der Waals surface area contributed by atoms with Gasteiger partial charge in [0.25, 0.3) is 0 Å². The SMILES string of the molecule is CC.CC.CC1/C=C\C(c2ccc(N(C)c3ccccc3)c(-c3ccccc3)c2)=C/C(C)Sc2ccccc2-c2ccccc2S1. The number of hydrogen-bond acceptors (Lipinski definition) is 3. The van der Waals surface area contributed by atoms with Crippen molar-refractivity contribution in [2.75, 3.05) is 11.9 Å². The molecule has 3 heteroatoms. The molecule has 0 radical (unpaired) electrons. The molecule has 1 nitrogen and oxygen atoms in total. The molecule has 1 aliphatic heterocycles. The number of para-hydroxylation sites is 1. The Morgan fingerprint density at radius 3 is 1.65 bits per heavy atom. The topological polar surface area (TPSA) is 3.24 Å². The van der Waals surface area contributed by atoms with Crippen LogP contribution in [-0.4, -0.2) is 17.5 Å². The van der Waals surface area contributed by atoms with E-state index in [-0.39, 0.29) is 5.25 Å². The predicted octanol–water partition coefficient (Wildman–Crippen LogP) is 13.5. The Kier molecular flexibility index (Phi) is 13.4. The zero-order valence-corrected chi connectivity index (χ0v) is 29.9. The molecule has 2 unspecified atom stereocenters. The number of allylic oxidation sites excluding steroid dienone is 2. The van der Waals surface area contributed by atoms with E-state index < -0.39 is 0 Å². The molecule has 6 rings (SSSR count). The summed E-state index contributed by atoms with van der Waals surface area (Å²) in [4.78, 5) is 4.92. The molecule has 0 saturated carbocycles. The smallest absolute Gasteiger partial charge is 0.0488 e. The van der Waals surface area contributed by atoms with E-state index >= 15 is 0 Å². The third kappa shape index (κ3) is 8.66. The Labute approximate surface area is 286 Å². The lowest BCUT2D eigenvalue weighted by Crippen LogP contribution is -2.10. The highest BCUT2D eigenvalue weighted by molar-refractivity contribution is 8.00. The number of rotatable bonds is 4. The van der Waals surface area contributed by atoms with Gasteiger partial charge in [-0.3, -0.25) is 0 Å². The fourth-order valence-electron chi connectivity index (χ4n) is 5.45. The van der Waals surface area contributed by atoms with E-state index in [0.717, 1.165) is 0 Å². The van der Waals surface area contributed by atoms with E-state index in [9.17, 15) is 0 Å². The summed E-state index contributed by atoms with van der Waals surface area (Å²) in [6.45, 7) is 12.6. The lowest BCUT2D eigenvalue weighted by molar-refractivity contribution is 1.20. The van der Waals surface area contributed by atoms with Crippen molar-refractivity contribution < 1.29 is 0 Å². The molecule has 0 saturated heterocycles. The van der Waals surface area contributed by atoms with Crippen LogP contribution in [0.5, 0.6) is 0 Å². The van der Waals surface area contributed by atoms with Gasteiger partial charge < -0.3 is 4.90 Å². The highest BCUT2D eigenvalue weighted by Gasteiger charge is 2.17. The van der Waals surface area contributed by atoms with Gasteiger partial charge in [-0.25, -0.2) is 0 Å². The van der Waals surface area contributed by atoms with Crippen molar-refractivity contribution in [1.29, 1.82) is 0 Å². The average molecular weight is 642 g/mol. The minimum atomic E-state index is 0.284. The molecular weight excluding hydrogens is 595 g/mol. The first kappa shape index (κ1) is 34.9. The summed E-state index contributed by atoms with van der Waals surface area (Å²) in [5.41, 5.74) is 9.89. The van der Waals surface area contributed by atoms with Crippen LogP contribution in [0.25, 0.3) is 27.8 Å². The number of fused-ring (bicyclic) bond motifs is 3. The molecule has 0 bridgehead atoms. The van der Waals surface area contributed by atoms with Crippen molar-refractivity contribution in [3.8, 4) is 22.3 Å². The third-order valence-corrected chi connectivity index (χ3v) is 9.83. The zero-order valence-electron chi connectivity index (χ0n) is 28.3.